The molecule has 122 valence electrons. The fourth-order valence-corrected chi connectivity index (χ4v) is 3.49. The van der Waals surface area contributed by atoms with Crippen LogP contribution in [0.2, 0.25) is 0 Å². The average Bonchev–Trinajstić information content (AvgIpc) is 2.77. The van der Waals surface area contributed by atoms with E-state index in [9.17, 15) is 4.79 Å². The van der Waals surface area contributed by atoms with Crippen molar-refractivity contribution < 1.29 is 14.3 Å². The van der Waals surface area contributed by atoms with Gasteiger partial charge in [0.05, 0.1) is 0 Å². The molecule has 1 amide bonds. The maximum absolute atomic E-state index is 11.8. The van der Waals surface area contributed by atoms with Crippen molar-refractivity contribution in [3.63, 3.8) is 0 Å². The van der Waals surface area contributed by atoms with Gasteiger partial charge in [-0.2, -0.15) is 0 Å². The van der Waals surface area contributed by atoms with E-state index in [1.165, 1.54) is 0 Å². The first kappa shape index (κ1) is 17.8. The predicted molar refractivity (Wildman–Crippen MR) is 96.1 cm³/mol. The maximum Gasteiger partial charge on any atom is 0.407 e. The Morgan fingerprint density at radius 1 is 1.41 bits per heavy atom. The zero-order valence-electron chi connectivity index (χ0n) is 12.9. The van der Waals surface area contributed by atoms with Crippen molar-refractivity contribution in [3.05, 3.63) is 20.4 Å². The Morgan fingerprint density at radius 2 is 2.14 bits per heavy atom. The van der Waals surface area contributed by atoms with E-state index in [2.05, 4.69) is 48.8 Å². The first-order chi connectivity index (χ1) is 10.2. The molecule has 0 radical (unpaired) electrons. The van der Waals surface area contributed by atoms with E-state index in [0.717, 1.165) is 28.7 Å². The summed E-state index contributed by atoms with van der Waals surface area (Å²) >= 11 is 5.57. The molecule has 2 rings (SSSR count). The Morgan fingerprint density at radius 3 is 2.77 bits per heavy atom. The van der Waals surface area contributed by atoms with Gasteiger partial charge in [0.1, 0.15) is 20.0 Å². The SMILES string of the molecule is CC(C)(C)OC(=O)N[C@H]1CC[C@@H](Oc2ccc(I)nc2Br)C1. The monoisotopic (exact) mass is 482 g/mol. The summed E-state index contributed by atoms with van der Waals surface area (Å²) in [5, 5.41) is 2.91. The van der Waals surface area contributed by atoms with E-state index < -0.39 is 5.60 Å². The van der Waals surface area contributed by atoms with Gasteiger partial charge in [-0.3, -0.25) is 0 Å². The minimum Gasteiger partial charge on any atom is -0.488 e. The molecule has 5 nitrogen and oxygen atoms in total. The summed E-state index contributed by atoms with van der Waals surface area (Å²) in [6, 6.07) is 3.91. The van der Waals surface area contributed by atoms with Gasteiger partial charge >= 0.3 is 6.09 Å². The Kier molecular flexibility index (Phi) is 5.93. The van der Waals surface area contributed by atoms with Crippen LogP contribution in [0.3, 0.4) is 0 Å². The predicted octanol–water partition coefficient (Wildman–Crippen LogP) is 4.27. The number of rotatable bonds is 3. The zero-order valence-corrected chi connectivity index (χ0v) is 16.6. The Bertz CT molecular complexity index is 548. The summed E-state index contributed by atoms with van der Waals surface area (Å²) < 4.78 is 12.9. The number of carbonyl (C=O) groups is 1. The third-order valence-electron chi connectivity index (χ3n) is 3.18. The highest BCUT2D eigenvalue weighted by molar-refractivity contribution is 14.1. The molecule has 7 heteroatoms. The van der Waals surface area contributed by atoms with E-state index in [1.807, 2.05) is 32.9 Å². The molecule has 1 aromatic rings. The smallest absolute Gasteiger partial charge is 0.407 e. The normalized spacial score (nSPS) is 21.5. The molecule has 22 heavy (non-hydrogen) atoms. The van der Waals surface area contributed by atoms with Crippen LogP contribution in [-0.2, 0) is 4.74 Å². The van der Waals surface area contributed by atoms with Crippen molar-refractivity contribution >= 4 is 44.6 Å². The van der Waals surface area contributed by atoms with Crippen LogP contribution in [0.15, 0.2) is 16.7 Å². The van der Waals surface area contributed by atoms with Crippen LogP contribution in [0.25, 0.3) is 0 Å². The van der Waals surface area contributed by atoms with Crippen LogP contribution < -0.4 is 10.1 Å². The van der Waals surface area contributed by atoms with E-state index in [1.54, 1.807) is 0 Å². The van der Waals surface area contributed by atoms with E-state index in [4.69, 9.17) is 9.47 Å². The molecule has 1 aliphatic rings. The lowest BCUT2D eigenvalue weighted by atomic mass is 10.2. The minimum atomic E-state index is -0.476. The second-order valence-corrected chi connectivity index (χ2v) is 8.18. The summed E-state index contributed by atoms with van der Waals surface area (Å²) in [6.07, 6.45) is 2.28. The number of pyridine rings is 1. The number of carbonyl (C=O) groups excluding carboxylic acids is 1. The number of ether oxygens (including phenoxy) is 2. The van der Waals surface area contributed by atoms with Gasteiger partial charge in [-0.15, -0.1) is 0 Å². The lowest BCUT2D eigenvalue weighted by Crippen LogP contribution is -2.38. The van der Waals surface area contributed by atoms with Crippen LogP contribution in [0, 0.1) is 3.70 Å². The van der Waals surface area contributed by atoms with Crippen LogP contribution in [0.1, 0.15) is 40.0 Å². The van der Waals surface area contributed by atoms with Crippen LogP contribution >= 0.6 is 38.5 Å². The van der Waals surface area contributed by atoms with Crippen molar-refractivity contribution in [2.45, 2.75) is 57.8 Å². The second kappa shape index (κ2) is 7.33. The van der Waals surface area contributed by atoms with E-state index in [0.29, 0.717) is 4.60 Å². The quantitative estimate of drug-likeness (QED) is 0.516. The van der Waals surface area contributed by atoms with Gasteiger partial charge in [0.25, 0.3) is 0 Å². The van der Waals surface area contributed by atoms with Crippen LogP contribution in [0.4, 0.5) is 4.79 Å². The lowest BCUT2D eigenvalue weighted by molar-refractivity contribution is 0.0503. The van der Waals surface area contributed by atoms with Crippen molar-refractivity contribution in [2.24, 2.45) is 0 Å². The van der Waals surface area contributed by atoms with Gasteiger partial charge in [-0.05, 0) is 84.3 Å². The lowest BCUT2D eigenvalue weighted by Gasteiger charge is -2.21. The molecule has 0 unspecified atom stereocenters. The molecule has 0 aromatic carbocycles. The van der Waals surface area contributed by atoms with Gasteiger partial charge in [-0.1, -0.05) is 0 Å². The molecule has 1 fully saturated rings. The van der Waals surface area contributed by atoms with Crippen molar-refractivity contribution in [1.82, 2.24) is 10.3 Å². The standard InChI is InChI=1S/C15H20BrIN2O3/c1-15(2,3)22-14(20)18-9-4-5-10(8-9)21-11-6-7-12(17)19-13(11)16/h6-7,9-10H,4-5,8H2,1-3H3,(H,18,20)/t9-,10+/m0/s1. The van der Waals surface area contributed by atoms with Crippen molar-refractivity contribution in [2.75, 3.05) is 0 Å². The molecular formula is C15H20BrIN2O3. The van der Waals surface area contributed by atoms with Crippen molar-refractivity contribution in [3.8, 4) is 5.75 Å². The van der Waals surface area contributed by atoms with E-state index in [-0.39, 0.29) is 18.2 Å². The van der Waals surface area contributed by atoms with Crippen molar-refractivity contribution in [1.29, 1.82) is 0 Å². The Hall–Kier alpha value is -0.570. The molecular weight excluding hydrogens is 463 g/mol. The first-order valence-corrected chi connectivity index (χ1v) is 9.08. The van der Waals surface area contributed by atoms with Crippen LogP contribution in [-0.4, -0.2) is 28.8 Å². The average molecular weight is 483 g/mol. The topological polar surface area (TPSA) is 60.5 Å². The number of hydrogen-bond donors (Lipinski definition) is 1. The second-order valence-electron chi connectivity index (χ2n) is 6.32. The molecule has 1 saturated carbocycles. The molecule has 0 spiro atoms. The molecule has 0 aliphatic heterocycles. The summed E-state index contributed by atoms with van der Waals surface area (Å²) in [7, 11) is 0. The van der Waals surface area contributed by atoms with Gasteiger partial charge in [0, 0.05) is 12.5 Å². The van der Waals surface area contributed by atoms with Gasteiger partial charge in [0.2, 0.25) is 0 Å². The molecule has 2 atom stereocenters. The highest BCUT2D eigenvalue weighted by atomic mass is 127. The fourth-order valence-electron chi connectivity index (χ4n) is 2.32. The largest absolute Gasteiger partial charge is 0.488 e. The van der Waals surface area contributed by atoms with Crippen LogP contribution in [0.5, 0.6) is 5.75 Å². The van der Waals surface area contributed by atoms with Gasteiger partial charge in [-0.25, -0.2) is 9.78 Å². The molecule has 1 heterocycles. The van der Waals surface area contributed by atoms with Gasteiger partial charge < -0.3 is 14.8 Å². The highest BCUT2D eigenvalue weighted by Crippen LogP contribution is 2.29. The number of halogens is 2. The molecule has 1 N–H and O–H groups in total. The molecule has 1 aliphatic carbocycles. The van der Waals surface area contributed by atoms with Gasteiger partial charge in [0.15, 0.2) is 5.75 Å². The number of aromatic nitrogens is 1. The summed E-state index contributed by atoms with van der Waals surface area (Å²) in [5.74, 6) is 0.739. The zero-order chi connectivity index (χ0) is 16.3. The number of nitrogens with zero attached hydrogens (tertiary/aromatic N) is 1. The number of alkyl carbamates (subject to hydrolysis) is 1. The maximum atomic E-state index is 11.8. The Labute approximate surface area is 152 Å². The first-order valence-electron chi connectivity index (χ1n) is 7.21. The third-order valence-corrected chi connectivity index (χ3v) is 4.35. The highest BCUT2D eigenvalue weighted by Gasteiger charge is 2.29. The fraction of sp³-hybridized carbons (Fsp3) is 0.600. The number of nitrogens with one attached hydrogen (secondary N) is 1. The molecule has 0 saturated heterocycles. The number of hydrogen-bond acceptors (Lipinski definition) is 4. The summed E-state index contributed by atoms with van der Waals surface area (Å²) in [4.78, 5) is 16.1. The number of amides is 1. The molecule has 1 aromatic heterocycles. The summed E-state index contributed by atoms with van der Waals surface area (Å²) in [5.41, 5.74) is -0.476. The Balaban J connectivity index is 1.84. The summed E-state index contributed by atoms with van der Waals surface area (Å²) in [6.45, 7) is 5.57. The third kappa shape index (κ3) is 5.57. The van der Waals surface area contributed by atoms with E-state index >= 15 is 0 Å². The minimum absolute atomic E-state index is 0.0816. The molecule has 0 bridgehead atoms.